The lowest BCUT2D eigenvalue weighted by atomic mass is 10.1. The van der Waals surface area contributed by atoms with E-state index in [1.807, 2.05) is 6.92 Å². The largest absolute Gasteiger partial charge is 0.480 e. The zero-order valence-electron chi connectivity index (χ0n) is 9.78. The summed E-state index contributed by atoms with van der Waals surface area (Å²) in [6.45, 7) is 7.59. The first-order chi connectivity index (χ1) is 7.47. The van der Waals surface area contributed by atoms with Gasteiger partial charge in [-0.15, -0.1) is 6.58 Å². The summed E-state index contributed by atoms with van der Waals surface area (Å²) in [4.78, 5) is 22.0. The van der Waals surface area contributed by atoms with Gasteiger partial charge in [-0.2, -0.15) is 0 Å². The Hall–Kier alpha value is -1.52. The molecule has 0 heterocycles. The molecule has 2 N–H and O–H groups in total. The van der Waals surface area contributed by atoms with Crippen molar-refractivity contribution in [2.45, 2.75) is 39.2 Å². The second-order valence-electron chi connectivity index (χ2n) is 3.69. The average molecular weight is 229 g/mol. The van der Waals surface area contributed by atoms with Crippen LogP contribution in [0.15, 0.2) is 12.2 Å². The summed E-state index contributed by atoms with van der Waals surface area (Å²) in [7, 11) is 0. The van der Waals surface area contributed by atoms with Crippen LogP contribution in [-0.2, 0) is 9.53 Å². The summed E-state index contributed by atoms with van der Waals surface area (Å²) < 4.78 is 4.80. The number of carbonyl (C=O) groups is 2. The van der Waals surface area contributed by atoms with Gasteiger partial charge in [0.25, 0.3) is 0 Å². The highest BCUT2D eigenvalue weighted by Gasteiger charge is 2.20. The van der Waals surface area contributed by atoms with Crippen LogP contribution in [-0.4, -0.2) is 29.8 Å². The maximum atomic E-state index is 11.2. The summed E-state index contributed by atoms with van der Waals surface area (Å²) in [6, 6.07) is -0.966. The van der Waals surface area contributed by atoms with Crippen LogP contribution >= 0.6 is 0 Å². The van der Waals surface area contributed by atoms with Gasteiger partial charge in [-0.05, 0) is 19.8 Å². The van der Waals surface area contributed by atoms with Gasteiger partial charge in [0.1, 0.15) is 6.04 Å². The maximum absolute atomic E-state index is 11.2. The lowest BCUT2D eigenvalue weighted by Crippen LogP contribution is -2.41. The monoisotopic (exact) mass is 229 g/mol. The lowest BCUT2D eigenvalue weighted by Gasteiger charge is -2.14. The number of unbranched alkanes of at least 4 members (excludes halogenated alkanes) is 1. The molecule has 0 rings (SSSR count). The van der Waals surface area contributed by atoms with Gasteiger partial charge in [-0.25, -0.2) is 9.59 Å². The molecule has 0 aromatic rings. The van der Waals surface area contributed by atoms with Crippen LogP contribution in [0, 0.1) is 0 Å². The van der Waals surface area contributed by atoms with Gasteiger partial charge < -0.3 is 15.2 Å². The van der Waals surface area contributed by atoms with Crippen molar-refractivity contribution >= 4 is 12.1 Å². The van der Waals surface area contributed by atoms with E-state index in [0.717, 1.165) is 12.8 Å². The molecule has 0 aromatic carbocycles. The minimum Gasteiger partial charge on any atom is -0.480 e. The third-order valence-electron chi connectivity index (χ3n) is 1.87. The number of hydrogen-bond donors (Lipinski definition) is 2. The lowest BCUT2D eigenvalue weighted by molar-refractivity contribution is -0.139. The molecule has 0 radical (unpaired) electrons. The minimum atomic E-state index is -1.09. The third kappa shape index (κ3) is 6.86. The van der Waals surface area contributed by atoms with Gasteiger partial charge >= 0.3 is 12.1 Å². The molecule has 1 unspecified atom stereocenters. The van der Waals surface area contributed by atoms with Crippen molar-refractivity contribution in [3.8, 4) is 0 Å². The molecule has 5 nitrogen and oxygen atoms in total. The van der Waals surface area contributed by atoms with E-state index in [1.54, 1.807) is 6.92 Å². The number of nitrogens with one attached hydrogen (secondary N) is 1. The molecular formula is C11H19NO4. The topological polar surface area (TPSA) is 75.6 Å². The van der Waals surface area contributed by atoms with Crippen LogP contribution in [0.5, 0.6) is 0 Å². The highest BCUT2D eigenvalue weighted by atomic mass is 16.5. The van der Waals surface area contributed by atoms with Gasteiger partial charge in [-0.3, -0.25) is 0 Å². The van der Waals surface area contributed by atoms with E-state index >= 15 is 0 Å². The number of amides is 1. The zero-order valence-corrected chi connectivity index (χ0v) is 9.78. The number of ether oxygens (including phenoxy) is 1. The predicted octanol–water partition coefficient (Wildman–Crippen LogP) is 1.93. The quantitative estimate of drug-likeness (QED) is 0.516. The molecule has 0 spiro atoms. The highest BCUT2D eigenvalue weighted by molar-refractivity contribution is 5.80. The molecule has 1 atom stereocenters. The smallest absolute Gasteiger partial charge is 0.407 e. The zero-order chi connectivity index (χ0) is 12.6. The number of alkyl carbamates (subject to hydrolysis) is 1. The summed E-state index contributed by atoms with van der Waals surface area (Å²) >= 11 is 0. The average Bonchev–Trinajstić information content (AvgIpc) is 2.16. The second-order valence-corrected chi connectivity index (χ2v) is 3.69. The maximum Gasteiger partial charge on any atom is 0.407 e. The van der Waals surface area contributed by atoms with Crippen molar-refractivity contribution in [3.05, 3.63) is 12.2 Å². The van der Waals surface area contributed by atoms with Crippen molar-refractivity contribution < 1.29 is 19.4 Å². The van der Waals surface area contributed by atoms with E-state index in [2.05, 4.69) is 11.9 Å². The number of rotatable bonds is 7. The number of carbonyl (C=O) groups excluding carboxylic acids is 1. The van der Waals surface area contributed by atoms with E-state index in [9.17, 15) is 9.59 Å². The van der Waals surface area contributed by atoms with E-state index in [4.69, 9.17) is 9.84 Å². The third-order valence-corrected chi connectivity index (χ3v) is 1.87. The molecule has 16 heavy (non-hydrogen) atoms. The highest BCUT2D eigenvalue weighted by Crippen LogP contribution is 2.02. The fraction of sp³-hybridized carbons (Fsp3) is 0.636. The summed E-state index contributed by atoms with van der Waals surface area (Å²) in [6.07, 6.45) is 1.20. The molecule has 0 aliphatic carbocycles. The Labute approximate surface area is 95.5 Å². The van der Waals surface area contributed by atoms with E-state index < -0.39 is 18.1 Å². The number of aliphatic carboxylic acids is 1. The van der Waals surface area contributed by atoms with Gasteiger partial charge in [0.2, 0.25) is 0 Å². The van der Waals surface area contributed by atoms with E-state index in [0.29, 0.717) is 12.2 Å². The standard InChI is InChI=1S/C11H19NO4/c1-4-5-6-16-11(15)12-9(10(13)14)7-8(2)3/h9H,2,4-7H2,1,3H3,(H,12,15)(H,13,14). The number of carboxylic acid groups (broad SMARTS) is 1. The van der Waals surface area contributed by atoms with Crippen molar-refractivity contribution in [1.82, 2.24) is 5.32 Å². The van der Waals surface area contributed by atoms with Crippen LogP contribution in [0.2, 0.25) is 0 Å². The summed E-state index contributed by atoms with van der Waals surface area (Å²) in [5.74, 6) is -1.09. The SMILES string of the molecule is C=C(C)CC(NC(=O)OCCCC)C(=O)O. The van der Waals surface area contributed by atoms with Crippen LogP contribution in [0.4, 0.5) is 4.79 Å². The second kappa shape index (κ2) is 7.73. The van der Waals surface area contributed by atoms with Crippen LogP contribution < -0.4 is 5.32 Å². The van der Waals surface area contributed by atoms with Crippen molar-refractivity contribution in [2.24, 2.45) is 0 Å². The molecule has 0 bridgehead atoms. The predicted molar refractivity (Wildman–Crippen MR) is 60.2 cm³/mol. The van der Waals surface area contributed by atoms with Crippen LogP contribution in [0.1, 0.15) is 33.1 Å². The Morgan fingerprint density at radius 2 is 2.12 bits per heavy atom. The summed E-state index contributed by atoms with van der Waals surface area (Å²) in [5, 5.41) is 11.1. The Morgan fingerprint density at radius 3 is 2.56 bits per heavy atom. The van der Waals surface area contributed by atoms with Crippen molar-refractivity contribution in [1.29, 1.82) is 0 Å². The van der Waals surface area contributed by atoms with Gasteiger partial charge in [0.15, 0.2) is 0 Å². The molecular weight excluding hydrogens is 210 g/mol. The van der Waals surface area contributed by atoms with Crippen molar-refractivity contribution in [2.75, 3.05) is 6.61 Å². The van der Waals surface area contributed by atoms with Gasteiger partial charge in [0, 0.05) is 0 Å². The summed E-state index contributed by atoms with van der Waals surface area (Å²) in [5.41, 5.74) is 0.696. The van der Waals surface area contributed by atoms with Gasteiger partial charge in [-0.1, -0.05) is 18.9 Å². The fourth-order valence-electron chi connectivity index (χ4n) is 1.04. The molecule has 0 aromatic heterocycles. The molecule has 0 aliphatic rings. The Balaban J connectivity index is 4.03. The molecule has 0 fully saturated rings. The Bertz CT molecular complexity index is 263. The number of hydrogen-bond acceptors (Lipinski definition) is 3. The molecule has 0 aliphatic heterocycles. The Morgan fingerprint density at radius 1 is 1.50 bits per heavy atom. The first-order valence-corrected chi connectivity index (χ1v) is 5.27. The first kappa shape index (κ1) is 14.5. The molecule has 0 saturated heterocycles. The van der Waals surface area contributed by atoms with E-state index in [1.165, 1.54) is 0 Å². The van der Waals surface area contributed by atoms with Gasteiger partial charge in [0.05, 0.1) is 6.61 Å². The van der Waals surface area contributed by atoms with E-state index in [-0.39, 0.29) is 6.42 Å². The first-order valence-electron chi connectivity index (χ1n) is 5.27. The Kier molecular flexibility index (Phi) is 7.00. The molecule has 1 amide bonds. The van der Waals surface area contributed by atoms with Crippen LogP contribution in [0.25, 0.3) is 0 Å². The molecule has 92 valence electrons. The molecule has 5 heteroatoms. The van der Waals surface area contributed by atoms with Crippen LogP contribution in [0.3, 0.4) is 0 Å². The molecule has 0 saturated carbocycles. The normalized spacial score (nSPS) is 11.6. The fourth-order valence-corrected chi connectivity index (χ4v) is 1.04. The number of carboxylic acids is 1. The van der Waals surface area contributed by atoms with Crippen molar-refractivity contribution in [3.63, 3.8) is 0 Å². The minimum absolute atomic E-state index is 0.207.